The van der Waals surface area contributed by atoms with Gasteiger partial charge in [-0.05, 0) is 31.2 Å². The smallest absolute Gasteiger partial charge is 0.269 e. The summed E-state index contributed by atoms with van der Waals surface area (Å²) in [5, 5.41) is 10.5. The first kappa shape index (κ1) is 13.8. The number of aryl methyl sites for hydroxylation is 1. The number of carbonyl (C=O) groups excluding carboxylic acids is 1. The number of hydrogen-bond acceptors (Lipinski definition) is 5. The van der Waals surface area contributed by atoms with E-state index >= 15 is 0 Å². The highest BCUT2D eigenvalue weighted by molar-refractivity contribution is 8.00. The second kappa shape index (κ2) is 5.99. The summed E-state index contributed by atoms with van der Waals surface area (Å²) in [5.41, 5.74) is 0.0598. The fraction of sp³-hybridized carbons (Fsp3) is 0.154. The molecule has 0 aliphatic rings. The van der Waals surface area contributed by atoms with Crippen LogP contribution in [0.1, 0.15) is 14.5 Å². The van der Waals surface area contributed by atoms with E-state index in [1.807, 2.05) is 19.1 Å². The highest BCUT2D eigenvalue weighted by atomic mass is 32.2. The molecule has 0 unspecified atom stereocenters. The Labute approximate surface area is 118 Å². The van der Waals surface area contributed by atoms with E-state index < -0.39 is 4.92 Å². The van der Waals surface area contributed by atoms with Gasteiger partial charge in [-0.25, -0.2) is 0 Å². The van der Waals surface area contributed by atoms with E-state index in [0.29, 0.717) is 5.75 Å². The fourth-order valence-electron chi connectivity index (χ4n) is 1.47. The van der Waals surface area contributed by atoms with Crippen molar-refractivity contribution in [3.8, 4) is 0 Å². The molecule has 98 valence electrons. The predicted octanol–water partition coefficient (Wildman–Crippen LogP) is 3.94. The number of non-ortho nitro benzene ring substituents is 1. The van der Waals surface area contributed by atoms with E-state index in [2.05, 4.69) is 0 Å². The summed E-state index contributed by atoms with van der Waals surface area (Å²) >= 11 is 2.87. The van der Waals surface area contributed by atoms with Crippen molar-refractivity contribution in [3.05, 3.63) is 56.3 Å². The summed E-state index contributed by atoms with van der Waals surface area (Å²) in [6, 6.07) is 9.98. The summed E-state index contributed by atoms with van der Waals surface area (Å²) in [7, 11) is 0. The average molecular weight is 293 g/mol. The third kappa shape index (κ3) is 3.65. The third-order valence-electron chi connectivity index (χ3n) is 2.43. The van der Waals surface area contributed by atoms with Gasteiger partial charge in [0, 0.05) is 21.9 Å². The molecule has 1 aromatic carbocycles. The number of thiophene rings is 1. The first-order chi connectivity index (χ1) is 9.06. The van der Waals surface area contributed by atoms with Crippen molar-refractivity contribution < 1.29 is 9.72 Å². The van der Waals surface area contributed by atoms with E-state index in [4.69, 9.17) is 0 Å². The summed E-state index contributed by atoms with van der Waals surface area (Å²) in [5.74, 6) is 0.430. The lowest BCUT2D eigenvalue weighted by molar-refractivity contribution is -0.384. The first-order valence-electron chi connectivity index (χ1n) is 5.53. The van der Waals surface area contributed by atoms with Crippen molar-refractivity contribution in [2.45, 2.75) is 11.8 Å². The Morgan fingerprint density at radius 1 is 1.26 bits per heavy atom. The molecule has 0 bridgehead atoms. The van der Waals surface area contributed by atoms with Gasteiger partial charge in [0.2, 0.25) is 0 Å². The van der Waals surface area contributed by atoms with Crippen molar-refractivity contribution in [1.82, 2.24) is 0 Å². The minimum atomic E-state index is -0.436. The van der Waals surface area contributed by atoms with Crippen LogP contribution in [0.15, 0.2) is 41.3 Å². The van der Waals surface area contributed by atoms with Gasteiger partial charge in [0.1, 0.15) is 0 Å². The summed E-state index contributed by atoms with van der Waals surface area (Å²) in [6.07, 6.45) is 0. The fourth-order valence-corrected chi connectivity index (χ4v) is 3.15. The van der Waals surface area contributed by atoms with Gasteiger partial charge in [-0.2, -0.15) is 0 Å². The molecule has 4 nitrogen and oxygen atoms in total. The van der Waals surface area contributed by atoms with E-state index in [1.165, 1.54) is 35.2 Å². The third-order valence-corrected chi connectivity index (χ3v) is 4.49. The van der Waals surface area contributed by atoms with Gasteiger partial charge in [0.05, 0.1) is 15.6 Å². The number of carbonyl (C=O) groups is 1. The summed E-state index contributed by atoms with van der Waals surface area (Å²) in [4.78, 5) is 24.7. The summed E-state index contributed by atoms with van der Waals surface area (Å²) in [6.45, 7) is 1.96. The first-order valence-corrected chi connectivity index (χ1v) is 7.33. The van der Waals surface area contributed by atoms with Crippen molar-refractivity contribution in [3.63, 3.8) is 0 Å². The Kier molecular flexibility index (Phi) is 4.34. The van der Waals surface area contributed by atoms with Crippen LogP contribution < -0.4 is 0 Å². The van der Waals surface area contributed by atoms with Gasteiger partial charge in [0.15, 0.2) is 5.78 Å². The Hall–Kier alpha value is -1.66. The van der Waals surface area contributed by atoms with Gasteiger partial charge in [-0.3, -0.25) is 14.9 Å². The molecule has 0 aliphatic heterocycles. The van der Waals surface area contributed by atoms with E-state index in [0.717, 1.165) is 14.6 Å². The van der Waals surface area contributed by atoms with E-state index in [-0.39, 0.29) is 11.5 Å². The molecule has 0 saturated carbocycles. The normalized spacial score (nSPS) is 10.4. The van der Waals surface area contributed by atoms with Crippen LogP contribution in [0.4, 0.5) is 5.69 Å². The predicted molar refractivity (Wildman–Crippen MR) is 77.2 cm³/mol. The molecule has 2 rings (SSSR count). The number of nitrogens with zero attached hydrogens (tertiary/aromatic N) is 1. The maximum Gasteiger partial charge on any atom is 0.269 e. The topological polar surface area (TPSA) is 60.2 Å². The van der Waals surface area contributed by atoms with Crippen LogP contribution in [0.25, 0.3) is 0 Å². The lowest BCUT2D eigenvalue weighted by Gasteiger charge is -1.99. The highest BCUT2D eigenvalue weighted by Gasteiger charge is 2.10. The van der Waals surface area contributed by atoms with Crippen LogP contribution in [0.5, 0.6) is 0 Å². The van der Waals surface area contributed by atoms with Crippen molar-refractivity contribution in [1.29, 1.82) is 0 Å². The van der Waals surface area contributed by atoms with Gasteiger partial charge in [0.25, 0.3) is 5.69 Å². The second-order valence-corrected chi connectivity index (χ2v) is 6.21. The van der Waals surface area contributed by atoms with Crippen LogP contribution in [0.2, 0.25) is 0 Å². The van der Waals surface area contributed by atoms with Gasteiger partial charge < -0.3 is 0 Å². The molecule has 1 aromatic heterocycles. The number of rotatable bonds is 5. The minimum absolute atomic E-state index is 0.0598. The lowest BCUT2D eigenvalue weighted by Crippen LogP contribution is -1.99. The Morgan fingerprint density at radius 3 is 2.47 bits per heavy atom. The molecule has 0 amide bonds. The molecule has 0 fully saturated rings. The molecule has 0 spiro atoms. The van der Waals surface area contributed by atoms with Crippen LogP contribution in [-0.2, 0) is 0 Å². The highest BCUT2D eigenvalue weighted by Crippen LogP contribution is 2.24. The van der Waals surface area contributed by atoms with Crippen molar-refractivity contribution in [2.75, 3.05) is 5.75 Å². The molecular weight excluding hydrogens is 282 g/mol. The summed E-state index contributed by atoms with van der Waals surface area (Å²) < 4.78 is 0. The van der Waals surface area contributed by atoms with Crippen LogP contribution in [0, 0.1) is 17.0 Å². The molecule has 0 N–H and O–H groups in total. The quantitative estimate of drug-likeness (QED) is 0.362. The number of Topliss-reactive ketones (excluding diaryl/α,β-unsaturated/α-hetero) is 1. The van der Waals surface area contributed by atoms with Crippen molar-refractivity contribution in [2.24, 2.45) is 0 Å². The van der Waals surface area contributed by atoms with Crippen LogP contribution >= 0.6 is 23.1 Å². The SMILES string of the molecule is Cc1ccc(C(=O)CSc2ccc([N+](=O)[O-])cc2)s1. The zero-order chi connectivity index (χ0) is 13.8. The molecule has 19 heavy (non-hydrogen) atoms. The number of benzene rings is 1. The molecule has 2 aromatic rings. The molecule has 0 saturated heterocycles. The molecule has 0 radical (unpaired) electrons. The van der Waals surface area contributed by atoms with Crippen LogP contribution in [-0.4, -0.2) is 16.5 Å². The largest absolute Gasteiger partial charge is 0.292 e. The Balaban J connectivity index is 1.95. The van der Waals surface area contributed by atoms with Gasteiger partial charge >= 0.3 is 0 Å². The zero-order valence-electron chi connectivity index (χ0n) is 10.2. The van der Waals surface area contributed by atoms with E-state index in [1.54, 1.807) is 12.1 Å². The Bertz CT molecular complexity index is 605. The number of hydrogen-bond donors (Lipinski definition) is 0. The molecule has 0 aliphatic carbocycles. The molecule has 1 heterocycles. The van der Waals surface area contributed by atoms with Crippen molar-refractivity contribution >= 4 is 34.6 Å². The van der Waals surface area contributed by atoms with Gasteiger partial charge in [-0.1, -0.05) is 0 Å². The lowest BCUT2D eigenvalue weighted by atomic mass is 10.3. The standard InChI is InChI=1S/C13H11NO3S2/c1-9-2-7-13(19-9)12(15)8-18-11-5-3-10(4-6-11)14(16)17/h2-7H,8H2,1H3. The Morgan fingerprint density at radius 2 is 1.95 bits per heavy atom. The molecular formula is C13H11NO3S2. The van der Waals surface area contributed by atoms with E-state index in [9.17, 15) is 14.9 Å². The maximum atomic E-state index is 11.9. The number of ketones is 1. The van der Waals surface area contributed by atoms with Gasteiger partial charge in [-0.15, -0.1) is 23.1 Å². The molecule has 6 heteroatoms. The second-order valence-electron chi connectivity index (χ2n) is 3.87. The number of nitro groups is 1. The molecule has 0 atom stereocenters. The maximum absolute atomic E-state index is 11.9. The van der Waals surface area contributed by atoms with Crippen LogP contribution in [0.3, 0.4) is 0 Å². The monoisotopic (exact) mass is 293 g/mol. The zero-order valence-corrected chi connectivity index (χ0v) is 11.8. The number of nitro benzene ring substituents is 1. The average Bonchev–Trinajstić information content (AvgIpc) is 2.83. The minimum Gasteiger partial charge on any atom is -0.292 e. The number of thioether (sulfide) groups is 1.